The SMILES string of the molecule is Brc1ccc(-c2cc(-c3ccc(-c4cccc5c4oc4ccccc45)cc3)nc(-c3ccccc3)n2)cc1. The van der Waals surface area contributed by atoms with Gasteiger partial charge in [-0.05, 0) is 29.8 Å². The molecule has 5 aromatic carbocycles. The number of rotatable bonds is 4. The van der Waals surface area contributed by atoms with Crippen LogP contribution in [0.15, 0.2) is 136 Å². The summed E-state index contributed by atoms with van der Waals surface area (Å²) in [6.45, 7) is 0. The lowest BCUT2D eigenvalue weighted by atomic mass is 10.00. The summed E-state index contributed by atoms with van der Waals surface area (Å²) in [6.07, 6.45) is 0. The Hall–Kier alpha value is -4.54. The molecule has 0 atom stereocenters. The van der Waals surface area contributed by atoms with Crippen molar-refractivity contribution in [3.63, 3.8) is 0 Å². The van der Waals surface area contributed by atoms with E-state index >= 15 is 0 Å². The van der Waals surface area contributed by atoms with Crippen molar-refractivity contribution in [2.75, 3.05) is 0 Å². The first-order valence-corrected chi connectivity index (χ1v) is 13.2. The van der Waals surface area contributed by atoms with Crippen molar-refractivity contribution in [1.29, 1.82) is 0 Å². The van der Waals surface area contributed by atoms with E-state index in [0.29, 0.717) is 5.82 Å². The minimum absolute atomic E-state index is 0.706. The summed E-state index contributed by atoms with van der Waals surface area (Å²) in [5.74, 6) is 0.706. The quantitative estimate of drug-likeness (QED) is 0.218. The van der Waals surface area contributed by atoms with E-state index in [1.807, 2.05) is 60.7 Å². The second-order valence-electron chi connectivity index (χ2n) is 9.19. The van der Waals surface area contributed by atoms with Crippen molar-refractivity contribution in [2.45, 2.75) is 0 Å². The van der Waals surface area contributed by atoms with Crippen LogP contribution in [0.4, 0.5) is 0 Å². The van der Waals surface area contributed by atoms with Crippen molar-refractivity contribution in [2.24, 2.45) is 0 Å². The summed E-state index contributed by atoms with van der Waals surface area (Å²) >= 11 is 3.53. The van der Waals surface area contributed by atoms with E-state index in [-0.39, 0.29) is 0 Å². The fourth-order valence-electron chi connectivity index (χ4n) is 4.88. The number of halogens is 1. The van der Waals surface area contributed by atoms with Crippen molar-refractivity contribution < 1.29 is 4.42 Å². The zero-order valence-electron chi connectivity index (χ0n) is 20.3. The van der Waals surface area contributed by atoms with Crippen molar-refractivity contribution in [3.05, 3.63) is 132 Å². The fourth-order valence-corrected chi connectivity index (χ4v) is 5.14. The summed E-state index contributed by atoms with van der Waals surface area (Å²) in [4.78, 5) is 9.87. The first-order chi connectivity index (χ1) is 18.7. The van der Waals surface area contributed by atoms with Crippen LogP contribution in [0.1, 0.15) is 0 Å². The molecule has 0 aliphatic heterocycles. The molecule has 0 aliphatic carbocycles. The van der Waals surface area contributed by atoms with Crippen molar-refractivity contribution in [1.82, 2.24) is 9.97 Å². The van der Waals surface area contributed by atoms with E-state index in [9.17, 15) is 0 Å². The van der Waals surface area contributed by atoms with Gasteiger partial charge in [-0.2, -0.15) is 0 Å². The third-order valence-electron chi connectivity index (χ3n) is 6.79. The maximum atomic E-state index is 6.27. The summed E-state index contributed by atoms with van der Waals surface area (Å²) in [7, 11) is 0. The Morgan fingerprint density at radius 1 is 0.500 bits per heavy atom. The van der Waals surface area contributed by atoms with Gasteiger partial charge in [0.25, 0.3) is 0 Å². The number of hydrogen-bond donors (Lipinski definition) is 0. The van der Waals surface area contributed by atoms with Crippen molar-refractivity contribution in [3.8, 4) is 45.0 Å². The third kappa shape index (κ3) is 4.09. The molecule has 0 spiro atoms. The molecule has 0 fully saturated rings. The van der Waals surface area contributed by atoms with Crippen LogP contribution in [0.2, 0.25) is 0 Å². The molecule has 0 amide bonds. The zero-order valence-corrected chi connectivity index (χ0v) is 21.9. The number of furan rings is 1. The predicted octanol–water partition coefficient (Wildman–Crippen LogP) is 9.81. The Labute approximate surface area is 228 Å². The Morgan fingerprint density at radius 2 is 1.11 bits per heavy atom. The van der Waals surface area contributed by atoms with Gasteiger partial charge in [-0.15, -0.1) is 0 Å². The van der Waals surface area contributed by atoms with E-state index in [4.69, 9.17) is 14.4 Å². The van der Waals surface area contributed by atoms with E-state index in [1.54, 1.807) is 0 Å². The summed E-state index contributed by atoms with van der Waals surface area (Å²) < 4.78 is 7.30. The molecule has 2 aromatic heterocycles. The molecule has 0 aliphatic rings. The highest BCUT2D eigenvalue weighted by Crippen LogP contribution is 2.36. The highest BCUT2D eigenvalue weighted by Gasteiger charge is 2.14. The molecule has 0 saturated heterocycles. The minimum Gasteiger partial charge on any atom is -0.455 e. The van der Waals surface area contributed by atoms with Gasteiger partial charge in [-0.1, -0.05) is 119 Å². The largest absolute Gasteiger partial charge is 0.455 e. The smallest absolute Gasteiger partial charge is 0.160 e. The van der Waals surface area contributed by atoms with Gasteiger partial charge in [0.1, 0.15) is 11.2 Å². The molecule has 4 heteroatoms. The van der Waals surface area contributed by atoms with Crippen LogP contribution in [0.3, 0.4) is 0 Å². The Kier molecular flexibility index (Phi) is 5.60. The van der Waals surface area contributed by atoms with Crippen LogP contribution in [0, 0.1) is 0 Å². The summed E-state index contributed by atoms with van der Waals surface area (Å²) in [5, 5.41) is 2.26. The van der Waals surface area contributed by atoms with Gasteiger partial charge in [-0.3, -0.25) is 0 Å². The normalized spacial score (nSPS) is 11.3. The van der Waals surface area contributed by atoms with Gasteiger partial charge < -0.3 is 4.42 Å². The lowest BCUT2D eigenvalue weighted by Gasteiger charge is -2.10. The predicted molar refractivity (Wildman–Crippen MR) is 159 cm³/mol. The van der Waals surface area contributed by atoms with Crippen LogP contribution >= 0.6 is 15.9 Å². The average molecular weight is 553 g/mol. The molecular weight excluding hydrogens is 532 g/mol. The number of fused-ring (bicyclic) bond motifs is 3. The number of hydrogen-bond acceptors (Lipinski definition) is 3. The molecule has 7 rings (SSSR count). The molecule has 0 saturated carbocycles. The van der Waals surface area contributed by atoms with Crippen LogP contribution in [0.25, 0.3) is 67.0 Å². The second kappa shape index (κ2) is 9.40. The fraction of sp³-hybridized carbons (Fsp3) is 0. The molecule has 180 valence electrons. The average Bonchev–Trinajstić information content (AvgIpc) is 3.37. The maximum Gasteiger partial charge on any atom is 0.160 e. The Balaban J connectivity index is 1.33. The zero-order chi connectivity index (χ0) is 25.5. The topological polar surface area (TPSA) is 38.9 Å². The molecular formula is C34H21BrN2O. The van der Waals surface area contributed by atoms with Crippen LogP contribution in [-0.2, 0) is 0 Å². The minimum atomic E-state index is 0.706. The first-order valence-electron chi connectivity index (χ1n) is 12.4. The molecule has 0 unspecified atom stereocenters. The van der Waals surface area contributed by atoms with Gasteiger partial charge in [-0.25, -0.2) is 9.97 Å². The van der Waals surface area contributed by atoms with E-state index < -0.39 is 0 Å². The standard InChI is InChI=1S/C34H21BrN2O/c35-26-19-17-24(18-20-26)31-21-30(36-34(37-31)25-7-2-1-3-8-25)23-15-13-22(14-16-23)27-10-6-11-29-28-9-4-5-12-32(28)38-33(27)29/h1-21H. The molecule has 0 radical (unpaired) electrons. The number of para-hydroxylation sites is 2. The monoisotopic (exact) mass is 552 g/mol. The maximum absolute atomic E-state index is 6.27. The highest BCUT2D eigenvalue weighted by molar-refractivity contribution is 9.10. The second-order valence-corrected chi connectivity index (χ2v) is 10.1. The lowest BCUT2D eigenvalue weighted by molar-refractivity contribution is 0.670. The first kappa shape index (κ1) is 22.6. The lowest BCUT2D eigenvalue weighted by Crippen LogP contribution is -1.95. The Bertz CT molecular complexity index is 1910. The number of nitrogens with zero attached hydrogens (tertiary/aromatic N) is 2. The van der Waals surface area contributed by atoms with Gasteiger partial charge in [0.2, 0.25) is 0 Å². The van der Waals surface area contributed by atoms with Crippen LogP contribution < -0.4 is 0 Å². The van der Waals surface area contributed by atoms with Gasteiger partial charge in [0, 0.05) is 37.5 Å². The van der Waals surface area contributed by atoms with E-state index in [0.717, 1.165) is 65.6 Å². The Morgan fingerprint density at radius 3 is 1.84 bits per heavy atom. The number of aromatic nitrogens is 2. The number of benzene rings is 5. The van der Waals surface area contributed by atoms with Gasteiger partial charge >= 0.3 is 0 Å². The van der Waals surface area contributed by atoms with Gasteiger partial charge in [0.15, 0.2) is 5.82 Å². The van der Waals surface area contributed by atoms with Crippen molar-refractivity contribution >= 4 is 37.9 Å². The van der Waals surface area contributed by atoms with Crippen LogP contribution in [0.5, 0.6) is 0 Å². The van der Waals surface area contributed by atoms with E-state index in [1.165, 1.54) is 0 Å². The molecule has 2 heterocycles. The summed E-state index contributed by atoms with van der Waals surface area (Å²) in [6, 6.07) is 43.4. The molecule has 0 N–H and O–H groups in total. The highest BCUT2D eigenvalue weighted by atomic mass is 79.9. The molecule has 0 bridgehead atoms. The third-order valence-corrected chi connectivity index (χ3v) is 7.32. The summed E-state index contributed by atoms with van der Waals surface area (Å²) in [5.41, 5.74) is 8.82. The molecule has 38 heavy (non-hydrogen) atoms. The molecule has 3 nitrogen and oxygen atoms in total. The van der Waals surface area contributed by atoms with E-state index in [2.05, 4.69) is 82.7 Å². The van der Waals surface area contributed by atoms with Crippen LogP contribution in [-0.4, -0.2) is 9.97 Å². The van der Waals surface area contributed by atoms with Gasteiger partial charge in [0.05, 0.1) is 11.4 Å². The molecule has 7 aromatic rings.